The molecule has 0 amide bonds. The van der Waals surface area contributed by atoms with Crippen LogP contribution in [0.3, 0.4) is 0 Å². The Labute approximate surface area is 114 Å². The summed E-state index contributed by atoms with van der Waals surface area (Å²) in [5.74, 6) is 0.816. The third-order valence-electron chi connectivity index (χ3n) is 4.30. The lowest BCUT2D eigenvalue weighted by atomic mass is 9.67. The van der Waals surface area contributed by atoms with E-state index in [4.69, 9.17) is 0 Å². The monoisotopic (exact) mass is 294 g/mol. The molecule has 0 aromatic heterocycles. The first-order valence-corrected chi connectivity index (χ1v) is 7.69. The molecule has 0 spiro atoms. The molecule has 0 nitrogen and oxygen atoms in total. The molecular weight excluding hydrogens is 272 g/mol. The fourth-order valence-electron chi connectivity index (χ4n) is 3.17. The van der Waals surface area contributed by atoms with E-state index in [1.807, 2.05) is 0 Å². The molecule has 2 rings (SSSR count). The van der Waals surface area contributed by atoms with Crippen LogP contribution >= 0.6 is 15.9 Å². The van der Waals surface area contributed by atoms with E-state index in [0.29, 0.717) is 10.2 Å². The van der Waals surface area contributed by atoms with Crippen LogP contribution in [0.15, 0.2) is 30.3 Å². The molecule has 0 N–H and O–H groups in total. The molecule has 1 saturated carbocycles. The van der Waals surface area contributed by atoms with Crippen molar-refractivity contribution in [3.05, 3.63) is 35.9 Å². The van der Waals surface area contributed by atoms with E-state index in [2.05, 4.69) is 60.1 Å². The Bertz CT molecular complexity index is 342. The lowest BCUT2D eigenvalue weighted by Gasteiger charge is -2.41. The van der Waals surface area contributed by atoms with E-state index in [1.54, 1.807) is 0 Å². The van der Waals surface area contributed by atoms with Crippen LogP contribution < -0.4 is 0 Å². The topological polar surface area (TPSA) is 0 Å². The molecule has 1 aliphatic carbocycles. The summed E-state index contributed by atoms with van der Waals surface area (Å²) >= 11 is 3.95. The van der Waals surface area contributed by atoms with Crippen LogP contribution in [-0.4, -0.2) is 4.83 Å². The van der Waals surface area contributed by atoms with Crippen molar-refractivity contribution < 1.29 is 0 Å². The van der Waals surface area contributed by atoms with Crippen molar-refractivity contribution in [2.75, 3.05) is 0 Å². The molecule has 2 atom stereocenters. The second-order valence-corrected chi connectivity index (χ2v) is 7.22. The fourth-order valence-corrected chi connectivity index (χ4v) is 4.53. The SMILES string of the molecule is CC1(C)CCCCC1C(Br)Cc1ccccc1. The third kappa shape index (κ3) is 3.34. The van der Waals surface area contributed by atoms with E-state index in [9.17, 15) is 0 Å². The Balaban J connectivity index is 2.02. The van der Waals surface area contributed by atoms with Gasteiger partial charge in [-0.1, -0.05) is 73.0 Å². The van der Waals surface area contributed by atoms with Gasteiger partial charge in [-0.3, -0.25) is 0 Å². The summed E-state index contributed by atoms with van der Waals surface area (Å²) in [5, 5.41) is 0. The lowest BCUT2D eigenvalue weighted by molar-refractivity contribution is 0.136. The Hall–Kier alpha value is -0.300. The minimum atomic E-state index is 0.501. The minimum absolute atomic E-state index is 0.501. The van der Waals surface area contributed by atoms with Gasteiger partial charge in [0.15, 0.2) is 0 Å². The molecule has 2 unspecified atom stereocenters. The lowest BCUT2D eigenvalue weighted by Crippen LogP contribution is -2.35. The number of alkyl halides is 1. The second kappa shape index (κ2) is 5.56. The first-order valence-electron chi connectivity index (χ1n) is 6.77. The quantitative estimate of drug-likeness (QED) is 0.672. The summed E-state index contributed by atoms with van der Waals surface area (Å²) in [7, 11) is 0. The number of halogens is 1. The van der Waals surface area contributed by atoms with Crippen molar-refractivity contribution in [1.29, 1.82) is 0 Å². The van der Waals surface area contributed by atoms with Crippen molar-refractivity contribution >= 4 is 15.9 Å². The van der Waals surface area contributed by atoms with Crippen LogP contribution in [0.4, 0.5) is 0 Å². The van der Waals surface area contributed by atoms with E-state index >= 15 is 0 Å². The summed E-state index contributed by atoms with van der Waals surface area (Å²) in [4.78, 5) is 0.625. The molecule has 1 heteroatoms. The zero-order valence-corrected chi connectivity index (χ0v) is 12.5. The van der Waals surface area contributed by atoms with Crippen LogP contribution in [0.1, 0.15) is 45.1 Å². The first kappa shape index (κ1) is 13.1. The molecule has 1 aromatic carbocycles. The van der Waals surface area contributed by atoms with Gasteiger partial charge in [-0.05, 0) is 36.2 Å². The molecule has 17 heavy (non-hydrogen) atoms. The summed E-state index contributed by atoms with van der Waals surface area (Å²) in [6, 6.07) is 10.9. The minimum Gasteiger partial charge on any atom is -0.0884 e. The third-order valence-corrected chi connectivity index (χ3v) is 5.26. The molecule has 0 radical (unpaired) electrons. The van der Waals surface area contributed by atoms with Crippen molar-refractivity contribution in [1.82, 2.24) is 0 Å². The Morgan fingerprint density at radius 2 is 1.94 bits per heavy atom. The van der Waals surface area contributed by atoms with Gasteiger partial charge in [0, 0.05) is 4.83 Å². The smallest absolute Gasteiger partial charge is 0.0219 e. The van der Waals surface area contributed by atoms with Gasteiger partial charge in [0.2, 0.25) is 0 Å². The van der Waals surface area contributed by atoms with E-state index in [-0.39, 0.29) is 0 Å². The van der Waals surface area contributed by atoms with Gasteiger partial charge in [0.05, 0.1) is 0 Å². The standard InChI is InChI=1S/C16H23Br/c1-16(2)11-7-6-10-14(16)15(17)12-13-8-4-3-5-9-13/h3-5,8-9,14-15H,6-7,10-12H2,1-2H3. The molecule has 0 bridgehead atoms. The highest BCUT2D eigenvalue weighted by molar-refractivity contribution is 9.09. The maximum absolute atomic E-state index is 3.95. The maximum Gasteiger partial charge on any atom is 0.0219 e. The van der Waals surface area contributed by atoms with Gasteiger partial charge in [-0.25, -0.2) is 0 Å². The molecule has 0 aliphatic heterocycles. The average molecular weight is 295 g/mol. The maximum atomic E-state index is 3.95. The molecule has 0 saturated heterocycles. The molecule has 0 heterocycles. The molecule has 1 aliphatic rings. The number of benzene rings is 1. The number of hydrogen-bond acceptors (Lipinski definition) is 0. The highest BCUT2D eigenvalue weighted by Crippen LogP contribution is 2.45. The predicted octanol–water partition coefficient (Wildman–Crippen LogP) is 5.21. The van der Waals surface area contributed by atoms with E-state index < -0.39 is 0 Å². The van der Waals surface area contributed by atoms with Gasteiger partial charge in [0.1, 0.15) is 0 Å². The number of rotatable bonds is 3. The normalized spacial score (nSPS) is 25.5. The van der Waals surface area contributed by atoms with Crippen LogP contribution in [0.25, 0.3) is 0 Å². The molecule has 94 valence electrons. The fraction of sp³-hybridized carbons (Fsp3) is 0.625. The van der Waals surface area contributed by atoms with Crippen LogP contribution in [-0.2, 0) is 6.42 Å². The van der Waals surface area contributed by atoms with Crippen LogP contribution in [0.5, 0.6) is 0 Å². The molecular formula is C16H23Br. The van der Waals surface area contributed by atoms with Gasteiger partial charge in [-0.15, -0.1) is 0 Å². The van der Waals surface area contributed by atoms with Gasteiger partial charge < -0.3 is 0 Å². The summed E-state index contributed by atoms with van der Waals surface area (Å²) < 4.78 is 0. The predicted molar refractivity (Wildman–Crippen MR) is 78.6 cm³/mol. The van der Waals surface area contributed by atoms with Gasteiger partial charge in [-0.2, -0.15) is 0 Å². The summed E-state index contributed by atoms with van der Waals surface area (Å²) in [5.41, 5.74) is 1.96. The van der Waals surface area contributed by atoms with Crippen molar-refractivity contribution in [2.24, 2.45) is 11.3 Å². The van der Waals surface area contributed by atoms with Crippen molar-refractivity contribution in [2.45, 2.75) is 50.8 Å². The molecule has 1 fully saturated rings. The van der Waals surface area contributed by atoms with E-state index in [0.717, 1.165) is 12.3 Å². The zero-order chi connectivity index (χ0) is 12.3. The van der Waals surface area contributed by atoms with Crippen molar-refractivity contribution in [3.8, 4) is 0 Å². The Morgan fingerprint density at radius 1 is 1.24 bits per heavy atom. The van der Waals surface area contributed by atoms with Crippen molar-refractivity contribution in [3.63, 3.8) is 0 Å². The zero-order valence-electron chi connectivity index (χ0n) is 11.0. The van der Waals surface area contributed by atoms with Crippen LogP contribution in [0, 0.1) is 11.3 Å². The summed E-state index contributed by atoms with van der Waals surface area (Å²) in [6.45, 7) is 4.88. The Kier molecular flexibility index (Phi) is 4.30. The highest BCUT2D eigenvalue weighted by Gasteiger charge is 2.36. The molecule has 1 aromatic rings. The highest BCUT2D eigenvalue weighted by atomic mass is 79.9. The largest absolute Gasteiger partial charge is 0.0884 e. The van der Waals surface area contributed by atoms with Gasteiger partial charge in [0.25, 0.3) is 0 Å². The van der Waals surface area contributed by atoms with Crippen LogP contribution in [0.2, 0.25) is 0 Å². The summed E-state index contributed by atoms with van der Waals surface area (Å²) in [6.07, 6.45) is 6.75. The van der Waals surface area contributed by atoms with Gasteiger partial charge >= 0.3 is 0 Å². The second-order valence-electron chi connectivity index (χ2n) is 6.05. The number of hydrogen-bond donors (Lipinski definition) is 0. The average Bonchev–Trinajstić information content (AvgIpc) is 2.29. The Morgan fingerprint density at radius 3 is 2.59 bits per heavy atom. The first-order chi connectivity index (χ1) is 8.09. The van der Waals surface area contributed by atoms with E-state index in [1.165, 1.54) is 31.2 Å².